The molecule has 0 radical (unpaired) electrons. The number of rotatable bonds is 4. The quantitative estimate of drug-likeness (QED) is 0.440. The van der Waals surface area contributed by atoms with E-state index in [1.807, 2.05) is 37.3 Å². The van der Waals surface area contributed by atoms with Crippen molar-refractivity contribution in [1.29, 1.82) is 0 Å². The van der Waals surface area contributed by atoms with Crippen molar-refractivity contribution in [1.82, 2.24) is 9.97 Å². The van der Waals surface area contributed by atoms with Crippen molar-refractivity contribution in [2.24, 2.45) is 5.10 Å². The predicted octanol–water partition coefficient (Wildman–Crippen LogP) is 5.72. The second-order valence-electron chi connectivity index (χ2n) is 9.50. The number of imidazole rings is 1. The molecule has 0 bridgehead atoms. The molecule has 154 valence electrons. The SMILES string of the molecule is CCN(/N=C\c1cc(C(C)(C)C)cc(C(C)(C)C)c1O)c1nc2ccccc2[nH]1. The van der Waals surface area contributed by atoms with Crippen LogP contribution in [-0.2, 0) is 10.8 Å². The lowest BCUT2D eigenvalue weighted by Crippen LogP contribution is -2.19. The summed E-state index contributed by atoms with van der Waals surface area (Å²) in [5.74, 6) is 0.974. The molecule has 0 unspecified atom stereocenters. The molecule has 0 aliphatic rings. The number of nitrogens with zero attached hydrogens (tertiary/aromatic N) is 3. The van der Waals surface area contributed by atoms with E-state index in [9.17, 15) is 5.11 Å². The lowest BCUT2D eigenvalue weighted by atomic mass is 9.79. The zero-order valence-electron chi connectivity index (χ0n) is 18.5. The van der Waals surface area contributed by atoms with Gasteiger partial charge in [0.2, 0.25) is 5.95 Å². The Kier molecular flexibility index (Phi) is 5.44. The highest BCUT2D eigenvalue weighted by atomic mass is 16.3. The summed E-state index contributed by atoms with van der Waals surface area (Å²) in [6.45, 7) is 15.6. The topological polar surface area (TPSA) is 64.5 Å². The monoisotopic (exact) mass is 392 g/mol. The standard InChI is InChI=1S/C24H32N4O/c1-8-28(22-26-19-11-9-10-12-20(19)27-22)25-15-16-13-17(23(2,3)4)14-18(21(16)29)24(5,6)7/h9-15,29H,8H2,1-7H3,(H,26,27)/b25-15-. The fourth-order valence-corrected chi connectivity index (χ4v) is 3.24. The van der Waals surface area contributed by atoms with Gasteiger partial charge in [-0.15, -0.1) is 0 Å². The highest BCUT2D eigenvalue weighted by Gasteiger charge is 2.24. The van der Waals surface area contributed by atoms with Crippen LogP contribution in [-0.4, -0.2) is 27.8 Å². The van der Waals surface area contributed by atoms with Gasteiger partial charge in [-0.25, -0.2) is 9.99 Å². The van der Waals surface area contributed by atoms with Gasteiger partial charge in [-0.3, -0.25) is 0 Å². The maximum Gasteiger partial charge on any atom is 0.224 e. The van der Waals surface area contributed by atoms with Gasteiger partial charge in [-0.05, 0) is 41.5 Å². The Labute approximate surface area is 173 Å². The zero-order valence-corrected chi connectivity index (χ0v) is 18.5. The molecule has 0 aliphatic carbocycles. The summed E-state index contributed by atoms with van der Waals surface area (Å²) in [6.07, 6.45) is 1.73. The molecule has 1 heterocycles. The van der Waals surface area contributed by atoms with E-state index in [1.54, 1.807) is 11.2 Å². The number of aromatic amines is 1. The summed E-state index contributed by atoms with van der Waals surface area (Å²) in [4.78, 5) is 7.93. The Hall–Kier alpha value is -2.82. The number of hydrazone groups is 1. The summed E-state index contributed by atoms with van der Waals surface area (Å²) in [6, 6.07) is 12.1. The van der Waals surface area contributed by atoms with Crippen LogP contribution in [0.15, 0.2) is 41.5 Å². The Morgan fingerprint density at radius 2 is 1.76 bits per heavy atom. The number of para-hydroxylation sites is 2. The second kappa shape index (κ2) is 7.54. The number of H-pyrrole nitrogens is 1. The molecule has 1 aromatic heterocycles. The number of nitrogens with one attached hydrogen (secondary N) is 1. The van der Waals surface area contributed by atoms with Crippen molar-refractivity contribution in [2.45, 2.75) is 59.3 Å². The van der Waals surface area contributed by atoms with Gasteiger partial charge < -0.3 is 10.1 Å². The van der Waals surface area contributed by atoms with E-state index in [0.717, 1.165) is 22.2 Å². The number of benzene rings is 2. The lowest BCUT2D eigenvalue weighted by Gasteiger charge is -2.27. The van der Waals surface area contributed by atoms with Crippen molar-refractivity contribution in [3.63, 3.8) is 0 Å². The molecule has 3 aromatic rings. The van der Waals surface area contributed by atoms with Crippen LogP contribution in [0.3, 0.4) is 0 Å². The first kappa shape index (κ1) is 20.9. The molecule has 0 saturated heterocycles. The molecule has 3 rings (SSSR count). The number of anilines is 1. The third-order valence-electron chi connectivity index (χ3n) is 5.07. The number of aromatic hydroxyl groups is 1. The Morgan fingerprint density at radius 3 is 2.34 bits per heavy atom. The fourth-order valence-electron chi connectivity index (χ4n) is 3.24. The average molecular weight is 393 g/mol. The zero-order chi connectivity index (χ0) is 21.4. The van der Waals surface area contributed by atoms with E-state index in [4.69, 9.17) is 0 Å². The van der Waals surface area contributed by atoms with Crippen LogP contribution in [0.1, 0.15) is 65.2 Å². The van der Waals surface area contributed by atoms with Crippen molar-refractivity contribution in [3.8, 4) is 5.75 Å². The minimum atomic E-state index is -0.170. The summed E-state index contributed by atoms with van der Waals surface area (Å²) < 4.78 is 0. The molecule has 2 N–H and O–H groups in total. The normalized spacial score (nSPS) is 12.8. The van der Waals surface area contributed by atoms with Crippen LogP contribution < -0.4 is 5.01 Å². The first-order valence-corrected chi connectivity index (χ1v) is 10.1. The first-order valence-electron chi connectivity index (χ1n) is 10.1. The van der Waals surface area contributed by atoms with Crippen LogP contribution in [0.5, 0.6) is 5.75 Å². The average Bonchev–Trinajstić information content (AvgIpc) is 3.05. The van der Waals surface area contributed by atoms with Crippen molar-refractivity contribution < 1.29 is 5.11 Å². The minimum Gasteiger partial charge on any atom is -0.507 e. The Balaban J connectivity index is 2.03. The minimum absolute atomic E-state index is 0.0283. The van der Waals surface area contributed by atoms with Crippen LogP contribution in [0.4, 0.5) is 5.95 Å². The van der Waals surface area contributed by atoms with Gasteiger partial charge in [-0.2, -0.15) is 5.10 Å². The van der Waals surface area contributed by atoms with Gasteiger partial charge in [0.25, 0.3) is 0 Å². The highest BCUT2D eigenvalue weighted by molar-refractivity contribution is 5.86. The van der Waals surface area contributed by atoms with Gasteiger partial charge in [0.05, 0.1) is 17.2 Å². The van der Waals surface area contributed by atoms with Gasteiger partial charge in [-0.1, -0.05) is 59.7 Å². The van der Waals surface area contributed by atoms with Crippen LogP contribution >= 0.6 is 0 Å². The maximum atomic E-state index is 11.0. The largest absolute Gasteiger partial charge is 0.507 e. The first-order chi connectivity index (χ1) is 13.5. The van der Waals surface area contributed by atoms with Gasteiger partial charge in [0, 0.05) is 17.7 Å². The smallest absolute Gasteiger partial charge is 0.224 e. The van der Waals surface area contributed by atoms with E-state index in [1.165, 1.54) is 5.56 Å². The Morgan fingerprint density at radius 1 is 1.07 bits per heavy atom. The van der Waals surface area contributed by atoms with Crippen molar-refractivity contribution in [3.05, 3.63) is 53.1 Å². The van der Waals surface area contributed by atoms with Gasteiger partial charge in [0.15, 0.2) is 0 Å². The summed E-state index contributed by atoms with van der Waals surface area (Å²) in [5.41, 5.74) is 4.51. The van der Waals surface area contributed by atoms with Crippen molar-refractivity contribution >= 4 is 23.2 Å². The molecule has 2 aromatic carbocycles. The molecule has 0 amide bonds. The molecule has 0 saturated carbocycles. The number of fused-ring (bicyclic) bond motifs is 1. The highest BCUT2D eigenvalue weighted by Crippen LogP contribution is 2.37. The molecule has 0 fully saturated rings. The van der Waals surface area contributed by atoms with E-state index < -0.39 is 0 Å². The molecule has 0 atom stereocenters. The van der Waals surface area contributed by atoms with Gasteiger partial charge in [0.1, 0.15) is 5.75 Å². The third kappa shape index (κ3) is 4.44. The predicted molar refractivity (Wildman–Crippen MR) is 122 cm³/mol. The molecular weight excluding hydrogens is 360 g/mol. The number of hydrogen-bond donors (Lipinski definition) is 2. The van der Waals surface area contributed by atoms with Crippen LogP contribution in [0, 0.1) is 0 Å². The van der Waals surface area contributed by atoms with Gasteiger partial charge >= 0.3 is 0 Å². The molecule has 0 spiro atoms. The maximum absolute atomic E-state index is 11.0. The lowest BCUT2D eigenvalue weighted by molar-refractivity contribution is 0.444. The second-order valence-corrected chi connectivity index (χ2v) is 9.50. The molecule has 5 heteroatoms. The third-order valence-corrected chi connectivity index (χ3v) is 5.07. The summed E-state index contributed by atoms with van der Waals surface area (Å²) in [7, 11) is 0. The van der Waals surface area contributed by atoms with Crippen LogP contribution in [0.25, 0.3) is 11.0 Å². The number of aromatic nitrogens is 2. The molecule has 5 nitrogen and oxygen atoms in total. The number of hydrogen-bond acceptors (Lipinski definition) is 4. The fraction of sp³-hybridized carbons (Fsp3) is 0.417. The molecule has 29 heavy (non-hydrogen) atoms. The van der Waals surface area contributed by atoms with Crippen molar-refractivity contribution in [2.75, 3.05) is 11.6 Å². The van der Waals surface area contributed by atoms with E-state index >= 15 is 0 Å². The van der Waals surface area contributed by atoms with Crippen LogP contribution in [0.2, 0.25) is 0 Å². The summed E-state index contributed by atoms with van der Waals surface area (Å²) >= 11 is 0. The van der Waals surface area contributed by atoms with E-state index in [-0.39, 0.29) is 16.6 Å². The number of phenols is 1. The number of phenolic OH excluding ortho intramolecular Hbond substituents is 1. The Bertz CT molecular complexity index is 1000. The molecule has 0 aliphatic heterocycles. The van der Waals surface area contributed by atoms with E-state index in [2.05, 4.69) is 62.7 Å². The molecular formula is C24H32N4O. The summed E-state index contributed by atoms with van der Waals surface area (Å²) in [5, 5.41) is 17.4. The van der Waals surface area contributed by atoms with E-state index in [0.29, 0.717) is 12.5 Å².